The van der Waals surface area contributed by atoms with Gasteiger partial charge in [0.05, 0.1) is 23.9 Å². The number of H-pyrrole nitrogens is 1. The molecule has 1 aromatic heterocycles. The van der Waals surface area contributed by atoms with Gasteiger partial charge >= 0.3 is 0 Å². The Hall–Kier alpha value is -4.21. The Morgan fingerprint density at radius 1 is 1.15 bits per heavy atom. The highest BCUT2D eigenvalue weighted by atomic mass is 16.5. The molecule has 3 amide bonds. The maximum absolute atomic E-state index is 13.3. The van der Waals surface area contributed by atoms with Crippen LogP contribution in [0.1, 0.15) is 30.1 Å². The van der Waals surface area contributed by atoms with Crippen LogP contribution in [0.3, 0.4) is 0 Å². The fourth-order valence-corrected chi connectivity index (χ4v) is 4.53. The van der Waals surface area contributed by atoms with Crippen molar-refractivity contribution in [1.29, 1.82) is 0 Å². The molecular formula is C23H22N6O4. The van der Waals surface area contributed by atoms with E-state index in [2.05, 4.69) is 20.5 Å². The summed E-state index contributed by atoms with van der Waals surface area (Å²) in [5.41, 5.74) is 0.763. The minimum absolute atomic E-state index is 0.0710. The minimum atomic E-state index is -0.915. The van der Waals surface area contributed by atoms with Crippen LogP contribution in [0.2, 0.25) is 0 Å². The molecule has 0 saturated carbocycles. The van der Waals surface area contributed by atoms with E-state index >= 15 is 0 Å². The summed E-state index contributed by atoms with van der Waals surface area (Å²) in [5.74, 6) is 0.301. The molecule has 2 aliphatic rings. The highest BCUT2D eigenvalue weighted by molar-refractivity contribution is 6.11. The molecule has 168 valence electrons. The molecule has 2 aliphatic heterocycles. The van der Waals surface area contributed by atoms with Gasteiger partial charge in [0.1, 0.15) is 18.0 Å². The van der Waals surface area contributed by atoms with Gasteiger partial charge in [-0.05, 0) is 37.6 Å². The van der Waals surface area contributed by atoms with Gasteiger partial charge in [0, 0.05) is 6.42 Å². The molecule has 10 heteroatoms. The van der Waals surface area contributed by atoms with Gasteiger partial charge in [-0.1, -0.05) is 24.3 Å². The van der Waals surface area contributed by atoms with Gasteiger partial charge in [0.25, 0.3) is 5.91 Å². The normalized spacial score (nSPS) is 19.3. The van der Waals surface area contributed by atoms with Crippen LogP contribution in [0.15, 0.2) is 48.5 Å². The molecule has 2 N–H and O–H groups in total. The van der Waals surface area contributed by atoms with E-state index < -0.39 is 11.6 Å². The summed E-state index contributed by atoms with van der Waals surface area (Å²) >= 11 is 0. The number of methoxy groups -OCH3 is 1. The molecule has 10 nitrogen and oxygen atoms in total. The van der Waals surface area contributed by atoms with Crippen LogP contribution in [0, 0.1) is 0 Å². The van der Waals surface area contributed by atoms with E-state index in [1.165, 1.54) is 4.90 Å². The second-order valence-electron chi connectivity index (χ2n) is 8.11. The zero-order valence-electron chi connectivity index (χ0n) is 18.2. The molecule has 0 spiro atoms. The monoisotopic (exact) mass is 446 g/mol. The number of para-hydroxylation sites is 2. The van der Waals surface area contributed by atoms with Crippen LogP contribution in [0.4, 0.5) is 11.6 Å². The number of carbonyl (C=O) groups is 3. The summed E-state index contributed by atoms with van der Waals surface area (Å²) in [4.78, 5) is 46.2. The molecule has 1 fully saturated rings. The van der Waals surface area contributed by atoms with Crippen molar-refractivity contribution in [1.82, 2.24) is 20.1 Å². The lowest BCUT2D eigenvalue weighted by atomic mass is 9.98. The first kappa shape index (κ1) is 20.7. The highest BCUT2D eigenvalue weighted by Gasteiger charge is 2.53. The number of hydrogen-bond donors (Lipinski definition) is 2. The molecule has 1 unspecified atom stereocenters. The molecule has 3 aromatic rings. The molecule has 3 heterocycles. The predicted molar refractivity (Wildman–Crippen MR) is 120 cm³/mol. The summed E-state index contributed by atoms with van der Waals surface area (Å²) in [6, 6.07) is 14.3. The van der Waals surface area contributed by atoms with Gasteiger partial charge in [-0.15, -0.1) is 5.10 Å². The third kappa shape index (κ3) is 3.30. The van der Waals surface area contributed by atoms with Gasteiger partial charge < -0.3 is 9.64 Å². The zero-order chi connectivity index (χ0) is 23.2. The standard InChI is InChI=1S/C23H22N6O4/c1-23-12-11-19(31)29(23)16-9-5-3-7-14(16)21(32)28(23)13-18(30)24-22-25-20(26-27-22)15-8-4-6-10-17(15)33-2/h3-10H,11-13H2,1-2H3,(H2,24,25,26,27,30). The Balaban J connectivity index is 1.38. The van der Waals surface area contributed by atoms with Crippen molar-refractivity contribution in [3.63, 3.8) is 0 Å². The van der Waals surface area contributed by atoms with Crippen molar-refractivity contribution >= 4 is 29.4 Å². The van der Waals surface area contributed by atoms with Crippen LogP contribution in [0.5, 0.6) is 5.75 Å². The number of benzene rings is 2. The van der Waals surface area contributed by atoms with Gasteiger partial charge in [0.15, 0.2) is 5.82 Å². The third-order valence-electron chi connectivity index (χ3n) is 6.15. The van der Waals surface area contributed by atoms with Crippen LogP contribution >= 0.6 is 0 Å². The minimum Gasteiger partial charge on any atom is -0.496 e. The topological polar surface area (TPSA) is 121 Å². The number of carbonyl (C=O) groups excluding carboxylic acids is 3. The molecular weight excluding hydrogens is 424 g/mol. The number of fused-ring (bicyclic) bond motifs is 3. The summed E-state index contributed by atoms with van der Waals surface area (Å²) in [6.07, 6.45) is 0.747. The Bertz CT molecular complexity index is 1270. The number of nitrogens with zero attached hydrogens (tertiary/aromatic N) is 4. The molecule has 2 aromatic carbocycles. The van der Waals surface area contributed by atoms with Crippen molar-refractivity contribution < 1.29 is 19.1 Å². The number of anilines is 2. The van der Waals surface area contributed by atoms with E-state index in [9.17, 15) is 14.4 Å². The summed E-state index contributed by atoms with van der Waals surface area (Å²) in [7, 11) is 1.56. The smallest absolute Gasteiger partial charge is 0.258 e. The second kappa shape index (κ2) is 7.73. The molecule has 0 bridgehead atoms. The Kier molecular flexibility index (Phi) is 4.85. The number of aromatic amines is 1. The van der Waals surface area contributed by atoms with Gasteiger partial charge in [-0.2, -0.15) is 4.98 Å². The first-order valence-electron chi connectivity index (χ1n) is 10.5. The van der Waals surface area contributed by atoms with Crippen molar-refractivity contribution in [3.8, 4) is 17.1 Å². The Morgan fingerprint density at radius 3 is 2.67 bits per heavy atom. The number of ether oxygens (including phenoxy) is 1. The highest BCUT2D eigenvalue weighted by Crippen LogP contribution is 2.43. The average Bonchev–Trinajstić information content (AvgIpc) is 3.41. The molecule has 0 aliphatic carbocycles. The largest absolute Gasteiger partial charge is 0.496 e. The van der Waals surface area contributed by atoms with E-state index in [4.69, 9.17) is 4.74 Å². The van der Waals surface area contributed by atoms with Crippen LogP contribution in [0.25, 0.3) is 11.4 Å². The van der Waals surface area contributed by atoms with Crippen LogP contribution in [-0.4, -0.2) is 57.1 Å². The predicted octanol–water partition coefficient (Wildman–Crippen LogP) is 2.42. The van der Waals surface area contributed by atoms with E-state index in [0.29, 0.717) is 41.2 Å². The lowest BCUT2D eigenvalue weighted by molar-refractivity contribution is -0.120. The van der Waals surface area contributed by atoms with E-state index in [-0.39, 0.29) is 24.3 Å². The molecule has 33 heavy (non-hydrogen) atoms. The first-order chi connectivity index (χ1) is 15.9. The van der Waals surface area contributed by atoms with E-state index in [1.54, 1.807) is 42.3 Å². The average molecular weight is 446 g/mol. The quantitative estimate of drug-likeness (QED) is 0.621. The van der Waals surface area contributed by atoms with Crippen LogP contribution in [-0.2, 0) is 9.59 Å². The molecule has 1 atom stereocenters. The fourth-order valence-electron chi connectivity index (χ4n) is 4.53. The van der Waals surface area contributed by atoms with E-state index in [1.807, 2.05) is 25.1 Å². The van der Waals surface area contributed by atoms with Crippen LogP contribution < -0.4 is 15.0 Å². The van der Waals surface area contributed by atoms with Gasteiger partial charge in [-0.25, -0.2) is 0 Å². The Labute approximate surface area is 189 Å². The first-order valence-corrected chi connectivity index (χ1v) is 10.5. The van der Waals surface area contributed by atoms with Crippen molar-refractivity contribution in [2.45, 2.75) is 25.4 Å². The number of hydrogen-bond acceptors (Lipinski definition) is 6. The molecule has 5 rings (SSSR count). The van der Waals surface area contributed by atoms with Crippen molar-refractivity contribution in [2.24, 2.45) is 0 Å². The van der Waals surface area contributed by atoms with Crippen molar-refractivity contribution in [2.75, 3.05) is 23.9 Å². The van der Waals surface area contributed by atoms with Gasteiger partial charge in [-0.3, -0.25) is 29.7 Å². The fraction of sp³-hybridized carbons (Fsp3) is 0.261. The lowest BCUT2D eigenvalue weighted by Crippen LogP contribution is -2.63. The second-order valence-corrected chi connectivity index (χ2v) is 8.11. The maximum Gasteiger partial charge on any atom is 0.258 e. The number of nitrogens with one attached hydrogen (secondary N) is 2. The summed E-state index contributed by atoms with van der Waals surface area (Å²) in [6.45, 7) is 1.57. The number of amides is 3. The number of aromatic nitrogens is 3. The lowest BCUT2D eigenvalue weighted by Gasteiger charge is -2.48. The number of rotatable bonds is 5. The molecule has 0 radical (unpaired) electrons. The molecule has 1 saturated heterocycles. The summed E-state index contributed by atoms with van der Waals surface area (Å²) in [5, 5.41) is 9.49. The van der Waals surface area contributed by atoms with Crippen molar-refractivity contribution in [3.05, 3.63) is 54.1 Å². The summed E-state index contributed by atoms with van der Waals surface area (Å²) < 4.78 is 5.34. The van der Waals surface area contributed by atoms with E-state index in [0.717, 1.165) is 0 Å². The zero-order valence-corrected chi connectivity index (χ0v) is 18.2. The third-order valence-corrected chi connectivity index (χ3v) is 6.15. The van der Waals surface area contributed by atoms with Gasteiger partial charge in [0.2, 0.25) is 17.8 Å². The maximum atomic E-state index is 13.3. The SMILES string of the molecule is COc1ccccc1-c1nc(NC(=O)CN2C(=O)c3ccccc3N3C(=O)CCC23C)n[nH]1. The Morgan fingerprint density at radius 2 is 1.88 bits per heavy atom.